The second-order valence-corrected chi connectivity index (χ2v) is 4.54. The van der Waals surface area contributed by atoms with Crippen LogP contribution in [0.3, 0.4) is 0 Å². The summed E-state index contributed by atoms with van der Waals surface area (Å²) in [4.78, 5) is 2.07. The summed E-state index contributed by atoms with van der Waals surface area (Å²) < 4.78 is 11.0. The van der Waals surface area contributed by atoms with E-state index in [2.05, 4.69) is 22.3 Å². The van der Waals surface area contributed by atoms with Gasteiger partial charge in [0.2, 0.25) is 0 Å². The van der Waals surface area contributed by atoms with Crippen molar-refractivity contribution in [3.63, 3.8) is 0 Å². The van der Waals surface area contributed by atoms with Gasteiger partial charge in [-0.2, -0.15) is 0 Å². The first kappa shape index (κ1) is 15.8. The number of nitrogens with one attached hydrogen (secondary N) is 1. The Morgan fingerprint density at radius 1 is 1.16 bits per heavy atom. The third-order valence-electron chi connectivity index (χ3n) is 2.73. The van der Waals surface area contributed by atoms with Crippen molar-refractivity contribution in [1.82, 2.24) is 5.32 Å². The molecule has 0 aromatic heterocycles. The molecule has 0 aliphatic carbocycles. The van der Waals surface area contributed by atoms with E-state index in [1.54, 1.807) is 0 Å². The maximum atomic E-state index is 5.70. The van der Waals surface area contributed by atoms with Crippen molar-refractivity contribution in [3.05, 3.63) is 24.3 Å². The summed E-state index contributed by atoms with van der Waals surface area (Å²) in [6.07, 6.45) is 1.05. The predicted octanol–water partition coefficient (Wildman–Crippen LogP) is 2.15. The quantitative estimate of drug-likeness (QED) is 0.658. The minimum absolute atomic E-state index is 0.686. The number of ether oxygens (including phenoxy) is 2. The minimum Gasteiger partial charge on any atom is -0.492 e. The molecule has 0 heterocycles. The van der Waals surface area contributed by atoms with E-state index in [4.69, 9.17) is 9.47 Å². The summed E-state index contributed by atoms with van der Waals surface area (Å²) in [5.74, 6) is 0.919. The van der Waals surface area contributed by atoms with Gasteiger partial charge in [-0.05, 0) is 32.0 Å². The number of hydrogen-bond donors (Lipinski definition) is 1. The molecule has 0 unspecified atom stereocenters. The van der Waals surface area contributed by atoms with E-state index in [0.29, 0.717) is 6.61 Å². The highest BCUT2D eigenvalue weighted by Crippen LogP contribution is 2.18. The van der Waals surface area contributed by atoms with Gasteiger partial charge in [-0.1, -0.05) is 6.07 Å². The van der Waals surface area contributed by atoms with Gasteiger partial charge in [0.15, 0.2) is 0 Å². The van der Waals surface area contributed by atoms with Gasteiger partial charge >= 0.3 is 0 Å². The standard InChI is InChI=1S/C15H26N2O2/c1-4-18-11-6-9-16-10-12-19-15-8-5-7-14(13-15)17(2)3/h5,7-8,13,16H,4,6,9-12H2,1-3H3. The van der Waals surface area contributed by atoms with Crippen LogP contribution in [0.4, 0.5) is 5.69 Å². The van der Waals surface area contributed by atoms with Crippen molar-refractivity contribution in [1.29, 1.82) is 0 Å². The van der Waals surface area contributed by atoms with Crippen molar-refractivity contribution in [2.45, 2.75) is 13.3 Å². The summed E-state index contributed by atoms with van der Waals surface area (Å²) >= 11 is 0. The third-order valence-corrected chi connectivity index (χ3v) is 2.73. The Hall–Kier alpha value is -1.26. The molecular formula is C15H26N2O2. The molecule has 0 aliphatic rings. The van der Waals surface area contributed by atoms with Crippen molar-refractivity contribution in [2.24, 2.45) is 0 Å². The van der Waals surface area contributed by atoms with Crippen molar-refractivity contribution >= 4 is 5.69 Å². The fourth-order valence-corrected chi connectivity index (χ4v) is 1.66. The second kappa shape index (κ2) is 9.64. The van der Waals surface area contributed by atoms with E-state index >= 15 is 0 Å². The van der Waals surface area contributed by atoms with E-state index in [-0.39, 0.29) is 0 Å². The lowest BCUT2D eigenvalue weighted by Gasteiger charge is -2.14. The van der Waals surface area contributed by atoms with Crippen LogP contribution >= 0.6 is 0 Å². The molecule has 0 fully saturated rings. The van der Waals surface area contributed by atoms with Crippen LogP contribution in [-0.2, 0) is 4.74 Å². The third kappa shape index (κ3) is 7.03. The molecular weight excluding hydrogens is 240 g/mol. The first-order valence-electron chi connectivity index (χ1n) is 6.92. The number of benzene rings is 1. The molecule has 0 saturated heterocycles. The maximum absolute atomic E-state index is 5.70. The van der Waals surface area contributed by atoms with Crippen LogP contribution in [0.15, 0.2) is 24.3 Å². The predicted molar refractivity (Wildman–Crippen MR) is 80.2 cm³/mol. The van der Waals surface area contributed by atoms with Gasteiger partial charge in [-0.15, -0.1) is 0 Å². The minimum atomic E-state index is 0.686. The highest BCUT2D eigenvalue weighted by molar-refractivity contribution is 5.49. The molecule has 1 N–H and O–H groups in total. The van der Waals surface area contributed by atoms with Crippen molar-refractivity contribution in [2.75, 3.05) is 51.9 Å². The average molecular weight is 266 g/mol. The zero-order valence-electron chi connectivity index (χ0n) is 12.3. The zero-order chi connectivity index (χ0) is 13.9. The van der Waals surface area contributed by atoms with Gasteiger partial charge < -0.3 is 19.7 Å². The first-order valence-corrected chi connectivity index (χ1v) is 6.92. The lowest BCUT2D eigenvalue weighted by Crippen LogP contribution is -2.23. The SMILES string of the molecule is CCOCCCNCCOc1cccc(N(C)C)c1. The molecule has 0 saturated carbocycles. The van der Waals surface area contributed by atoms with E-state index < -0.39 is 0 Å². The monoisotopic (exact) mass is 266 g/mol. The van der Waals surface area contributed by atoms with Crippen LogP contribution in [0.2, 0.25) is 0 Å². The molecule has 1 aromatic rings. The van der Waals surface area contributed by atoms with Crippen LogP contribution in [0.5, 0.6) is 5.75 Å². The van der Waals surface area contributed by atoms with Gasteiger partial charge in [0.25, 0.3) is 0 Å². The summed E-state index contributed by atoms with van der Waals surface area (Å²) in [6.45, 7) is 6.16. The molecule has 0 aliphatic heterocycles. The second-order valence-electron chi connectivity index (χ2n) is 4.54. The molecule has 0 spiro atoms. The fourth-order valence-electron chi connectivity index (χ4n) is 1.66. The summed E-state index contributed by atoms with van der Waals surface area (Å²) in [5, 5.41) is 3.34. The van der Waals surface area contributed by atoms with Crippen LogP contribution in [0.25, 0.3) is 0 Å². The maximum Gasteiger partial charge on any atom is 0.121 e. The van der Waals surface area contributed by atoms with Gasteiger partial charge in [0.1, 0.15) is 12.4 Å². The first-order chi connectivity index (χ1) is 9.24. The summed E-state index contributed by atoms with van der Waals surface area (Å²) in [5.41, 5.74) is 1.15. The van der Waals surface area contributed by atoms with Gasteiger partial charge in [-0.25, -0.2) is 0 Å². The Morgan fingerprint density at radius 3 is 2.74 bits per heavy atom. The molecule has 0 amide bonds. The van der Waals surface area contributed by atoms with Crippen LogP contribution in [0.1, 0.15) is 13.3 Å². The Kier molecular flexibility index (Phi) is 8.02. The number of anilines is 1. The van der Waals surface area contributed by atoms with Gasteiger partial charge in [0.05, 0.1) is 0 Å². The molecule has 4 nitrogen and oxygen atoms in total. The average Bonchev–Trinajstić information content (AvgIpc) is 2.42. The zero-order valence-corrected chi connectivity index (χ0v) is 12.3. The van der Waals surface area contributed by atoms with Crippen molar-refractivity contribution in [3.8, 4) is 5.75 Å². The Bertz CT molecular complexity index is 343. The van der Waals surface area contributed by atoms with Crippen LogP contribution in [0, 0.1) is 0 Å². The molecule has 0 bridgehead atoms. The Balaban J connectivity index is 2.10. The molecule has 108 valence electrons. The number of hydrogen-bond acceptors (Lipinski definition) is 4. The van der Waals surface area contributed by atoms with Gasteiger partial charge in [-0.3, -0.25) is 0 Å². The highest BCUT2D eigenvalue weighted by Gasteiger charge is 1.98. The highest BCUT2D eigenvalue weighted by atomic mass is 16.5. The molecule has 0 atom stereocenters. The van der Waals surface area contributed by atoms with Crippen LogP contribution < -0.4 is 15.0 Å². The number of rotatable bonds is 10. The summed E-state index contributed by atoms with van der Waals surface area (Å²) in [6, 6.07) is 8.12. The van der Waals surface area contributed by atoms with E-state index in [9.17, 15) is 0 Å². The largest absolute Gasteiger partial charge is 0.492 e. The van der Waals surface area contributed by atoms with Crippen LogP contribution in [-0.4, -0.2) is 47.0 Å². The summed E-state index contributed by atoms with van der Waals surface area (Å²) in [7, 11) is 4.05. The smallest absolute Gasteiger partial charge is 0.121 e. The molecule has 4 heteroatoms. The van der Waals surface area contributed by atoms with Gasteiger partial charge in [0, 0.05) is 45.6 Å². The molecule has 1 aromatic carbocycles. The lowest BCUT2D eigenvalue weighted by atomic mass is 10.3. The van der Waals surface area contributed by atoms with E-state index in [1.165, 1.54) is 0 Å². The normalized spacial score (nSPS) is 10.5. The molecule has 19 heavy (non-hydrogen) atoms. The fraction of sp³-hybridized carbons (Fsp3) is 0.600. The molecule has 1 rings (SSSR count). The topological polar surface area (TPSA) is 33.7 Å². The lowest BCUT2D eigenvalue weighted by molar-refractivity contribution is 0.144. The Labute approximate surface area is 116 Å². The van der Waals surface area contributed by atoms with E-state index in [1.807, 2.05) is 33.2 Å². The van der Waals surface area contributed by atoms with Crippen molar-refractivity contribution < 1.29 is 9.47 Å². The number of nitrogens with zero attached hydrogens (tertiary/aromatic N) is 1. The Morgan fingerprint density at radius 2 is 2.00 bits per heavy atom. The molecule has 0 radical (unpaired) electrons. The van der Waals surface area contributed by atoms with E-state index in [0.717, 1.165) is 44.2 Å².